The van der Waals surface area contributed by atoms with Gasteiger partial charge in [-0.2, -0.15) is 0 Å². The molecule has 0 saturated heterocycles. The van der Waals surface area contributed by atoms with Crippen LogP contribution < -0.4 is 0 Å². The molecule has 11 rings (SSSR count). The maximum Gasteiger partial charge on any atom is 0.172 e. The van der Waals surface area contributed by atoms with E-state index >= 15 is 0 Å². The van der Waals surface area contributed by atoms with Crippen LogP contribution in [0.2, 0.25) is 0 Å². The number of hydrogen-bond donors (Lipinski definition) is 0. The van der Waals surface area contributed by atoms with Gasteiger partial charge < -0.3 is 4.57 Å². The standard InChI is InChI=1S/C55H40N4S/c1-55(2,3)38-33-31-35(32-34-38)39-15-4-5-20-45(39)53-56-52(57-54(58-53)46-22-14-21-44-43-19-9-13-26-50(43)60-51(44)46)37-29-27-36(28-30-37)40-16-6-10-23-47(40)59-48-24-11-7-17-41(48)42-18-8-12-25-49(42)59/h4-11,13-24,26-27,29,31-34H,12,25H2,1-3H3. The molecule has 0 saturated carbocycles. The maximum absolute atomic E-state index is 5.28. The summed E-state index contributed by atoms with van der Waals surface area (Å²) in [7, 11) is 0. The fourth-order valence-corrected chi connectivity index (χ4v) is 9.97. The topological polar surface area (TPSA) is 43.6 Å². The third kappa shape index (κ3) is 6.11. The second-order valence-corrected chi connectivity index (χ2v) is 17.6. The van der Waals surface area contributed by atoms with Gasteiger partial charge in [-0.15, -0.1) is 11.3 Å². The number of hydrogen-bond acceptors (Lipinski definition) is 4. The van der Waals surface area contributed by atoms with Crippen LogP contribution >= 0.6 is 11.3 Å². The fraction of sp³-hybridized carbons (Fsp3) is 0.109. The van der Waals surface area contributed by atoms with Crippen LogP contribution in [-0.2, 0) is 11.8 Å². The van der Waals surface area contributed by atoms with Gasteiger partial charge in [0, 0.05) is 59.1 Å². The van der Waals surface area contributed by atoms with Crippen LogP contribution in [0.1, 0.15) is 44.0 Å². The van der Waals surface area contributed by atoms with Crippen molar-refractivity contribution in [2.24, 2.45) is 0 Å². The highest BCUT2D eigenvalue weighted by atomic mass is 32.1. The first kappa shape index (κ1) is 36.0. The van der Waals surface area contributed by atoms with E-state index in [1.165, 1.54) is 43.2 Å². The normalized spacial score (nSPS) is 12.6. The summed E-state index contributed by atoms with van der Waals surface area (Å²) in [6.45, 7) is 6.73. The minimum Gasteiger partial charge on any atom is -0.312 e. The van der Waals surface area contributed by atoms with Crippen molar-refractivity contribution < 1.29 is 0 Å². The lowest BCUT2D eigenvalue weighted by molar-refractivity contribution is 0.590. The van der Waals surface area contributed by atoms with Crippen molar-refractivity contribution in [1.82, 2.24) is 19.5 Å². The Labute approximate surface area is 354 Å². The quantitative estimate of drug-likeness (QED) is 0.169. The van der Waals surface area contributed by atoms with Gasteiger partial charge in [0.05, 0.1) is 16.8 Å². The lowest BCUT2D eigenvalue weighted by atomic mass is 9.86. The first-order valence-corrected chi connectivity index (χ1v) is 21.4. The second-order valence-electron chi connectivity index (χ2n) is 16.5. The van der Waals surface area contributed by atoms with E-state index < -0.39 is 0 Å². The first-order valence-electron chi connectivity index (χ1n) is 20.6. The minimum absolute atomic E-state index is 0.0580. The Morgan fingerprint density at radius 3 is 1.98 bits per heavy atom. The number of rotatable bonds is 6. The third-order valence-electron chi connectivity index (χ3n) is 11.8. The van der Waals surface area contributed by atoms with E-state index in [9.17, 15) is 0 Å². The molecular formula is C55H40N4S. The number of para-hydroxylation sites is 2. The molecule has 286 valence electrons. The Bertz CT molecular complexity index is 3290. The molecule has 0 spiro atoms. The molecule has 60 heavy (non-hydrogen) atoms. The van der Waals surface area contributed by atoms with Crippen molar-refractivity contribution in [3.05, 3.63) is 187 Å². The zero-order chi connectivity index (χ0) is 40.4. The van der Waals surface area contributed by atoms with Crippen LogP contribution in [0.5, 0.6) is 0 Å². The average molecular weight is 789 g/mol. The van der Waals surface area contributed by atoms with Gasteiger partial charge in [0.1, 0.15) is 0 Å². The summed E-state index contributed by atoms with van der Waals surface area (Å²) in [5.41, 5.74) is 13.3. The van der Waals surface area contributed by atoms with Gasteiger partial charge in [-0.1, -0.05) is 160 Å². The van der Waals surface area contributed by atoms with E-state index in [2.05, 4.69) is 201 Å². The number of thiophene rings is 1. The van der Waals surface area contributed by atoms with Gasteiger partial charge in [0.2, 0.25) is 0 Å². The molecule has 5 heteroatoms. The Balaban J connectivity index is 1.06. The van der Waals surface area contributed by atoms with E-state index in [0.717, 1.165) is 62.2 Å². The molecule has 0 amide bonds. The molecular weight excluding hydrogens is 749 g/mol. The van der Waals surface area contributed by atoms with Crippen molar-refractivity contribution >= 4 is 48.5 Å². The van der Waals surface area contributed by atoms with Crippen molar-refractivity contribution in [3.8, 4) is 62.1 Å². The Morgan fingerprint density at radius 1 is 0.550 bits per heavy atom. The summed E-state index contributed by atoms with van der Waals surface area (Å²) < 4.78 is 4.84. The van der Waals surface area contributed by atoms with E-state index in [1.54, 1.807) is 11.3 Å². The van der Waals surface area contributed by atoms with Crippen molar-refractivity contribution in [2.45, 2.75) is 39.0 Å². The Hall–Kier alpha value is -7.13. The summed E-state index contributed by atoms with van der Waals surface area (Å²) in [5.74, 6) is 1.80. The molecule has 0 N–H and O–H groups in total. The SMILES string of the molecule is CC(C)(C)c1ccc(-c2ccccc2-c2nc(-c3c#cc(-c4ccccc4-n4c5c(c6ccccc64)C=CCC5)cc3)nc(-c3cccc4c3sc3ccccc34)n2)cc1. The van der Waals surface area contributed by atoms with E-state index in [-0.39, 0.29) is 5.41 Å². The van der Waals surface area contributed by atoms with Crippen LogP contribution in [0, 0.1) is 12.1 Å². The summed E-state index contributed by atoms with van der Waals surface area (Å²) in [4.78, 5) is 15.7. The van der Waals surface area contributed by atoms with Crippen molar-refractivity contribution in [2.75, 3.05) is 0 Å². The predicted molar refractivity (Wildman–Crippen MR) is 250 cm³/mol. The smallest absolute Gasteiger partial charge is 0.172 e. The van der Waals surface area contributed by atoms with Gasteiger partial charge in [-0.05, 0) is 71.3 Å². The van der Waals surface area contributed by atoms with Gasteiger partial charge in [-0.25, -0.2) is 15.0 Å². The maximum atomic E-state index is 5.28. The molecule has 0 fully saturated rings. The molecule has 0 bridgehead atoms. The zero-order valence-electron chi connectivity index (χ0n) is 33.7. The predicted octanol–water partition coefficient (Wildman–Crippen LogP) is 14.4. The molecule has 0 aliphatic heterocycles. The second kappa shape index (κ2) is 14.3. The third-order valence-corrected chi connectivity index (χ3v) is 13.0. The summed E-state index contributed by atoms with van der Waals surface area (Å²) >= 11 is 1.78. The van der Waals surface area contributed by atoms with Crippen LogP contribution in [-0.4, -0.2) is 19.5 Å². The zero-order valence-corrected chi connectivity index (χ0v) is 34.5. The molecule has 4 nitrogen and oxygen atoms in total. The van der Waals surface area contributed by atoms with Gasteiger partial charge in [-0.3, -0.25) is 0 Å². The van der Waals surface area contributed by atoms with Crippen LogP contribution in [0.15, 0.2) is 158 Å². The minimum atomic E-state index is 0.0580. The van der Waals surface area contributed by atoms with E-state index in [0.29, 0.717) is 17.5 Å². The average Bonchev–Trinajstić information content (AvgIpc) is 3.85. The number of aromatic nitrogens is 4. The van der Waals surface area contributed by atoms with Gasteiger partial charge in [0.25, 0.3) is 0 Å². The first-order chi connectivity index (χ1) is 29.4. The summed E-state index contributed by atoms with van der Waals surface area (Å²) in [6.07, 6.45) is 6.60. The van der Waals surface area contributed by atoms with E-state index in [4.69, 9.17) is 15.0 Å². The molecule has 3 heterocycles. The van der Waals surface area contributed by atoms with E-state index in [1.807, 2.05) is 0 Å². The molecule has 1 aliphatic carbocycles. The van der Waals surface area contributed by atoms with Gasteiger partial charge in [0.15, 0.2) is 17.5 Å². The summed E-state index contributed by atoms with van der Waals surface area (Å²) in [5, 5.41) is 3.72. The van der Waals surface area contributed by atoms with Crippen LogP contribution in [0.3, 0.4) is 0 Å². The molecule has 7 aromatic carbocycles. The molecule has 10 aromatic rings. The summed E-state index contributed by atoms with van der Waals surface area (Å²) in [6, 6.07) is 60.9. The molecule has 1 aliphatic rings. The monoisotopic (exact) mass is 788 g/mol. The number of benzene rings is 6. The van der Waals surface area contributed by atoms with Gasteiger partial charge >= 0.3 is 0 Å². The molecule has 0 atom stereocenters. The number of nitrogens with zero attached hydrogens (tertiary/aromatic N) is 4. The Morgan fingerprint density at radius 2 is 1.18 bits per heavy atom. The highest BCUT2D eigenvalue weighted by molar-refractivity contribution is 7.26. The highest BCUT2D eigenvalue weighted by Gasteiger charge is 2.22. The van der Waals surface area contributed by atoms with Crippen molar-refractivity contribution in [3.63, 3.8) is 0 Å². The largest absolute Gasteiger partial charge is 0.312 e. The lowest BCUT2D eigenvalue weighted by Gasteiger charge is -2.19. The highest BCUT2D eigenvalue weighted by Crippen LogP contribution is 2.41. The molecule has 0 unspecified atom stereocenters. The van der Waals surface area contributed by atoms with Crippen molar-refractivity contribution in [1.29, 1.82) is 0 Å². The number of allylic oxidation sites excluding steroid dienone is 1. The molecule has 0 radical (unpaired) electrons. The molecule has 3 aromatic heterocycles. The lowest BCUT2D eigenvalue weighted by Crippen LogP contribution is -2.10. The fourth-order valence-electron chi connectivity index (χ4n) is 8.76. The Kier molecular flexibility index (Phi) is 8.58. The van der Waals surface area contributed by atoms with Crippen LogP contribution in [0.4, 0.5) is 0 Å². The number of fused-ring (bicyclic) bond motifs is 6. The van der Waals surface area contributed by atoms with Crippen LogP contribution in [0.25, 0.3) is 99.3 Å².